The van der Waals surface area contributed by atoms with Gasteiger partial charge in [0, 0.05) is 11.6 Å². The summed E-state index contributed by atoms with van der Waals surface area (Å²) in [6, 6.07) is 5.83. The molecular weight excluding hydrogens is 316 g/mol. The molecule has 0 atom stereocenters. The van der Waals surface area contributed by atoms with Crippen LogP contribution in [0.4, 0.5) is 0 Å². The Kier molecular flexibility index (Phi) is 6.26. The highest BCUT2D eigenvalue weighted by molar-refractivity contribution is 7.89. The molecule has 7 heteroatoms. The summed E-state index contributed by atoms with van der Waals surface area (Å²) in [4.78, 5) is 1.37. The third-order valence-electron chi connectivity index (χ3n) is 4.22. The minimum atomic E-state index is -3.07. The van der Waals surface area contributed by atoms with Crippen LogP contribution >= 0.6 is 0 Å². The van der Waals surface area contributed by atoms with Gasteiger partial charge in [0.25, 0.3) is 0 Å². The Morgan fingerprint density at radius 1 is 1.17 bits per heavy atom. The molecule has 1 saturated heterocycles. The summed E-state index contributed by atoms with van der Waals surface area (Å²) in [5.74, 6) is 1.84. The second-order valence-electron chi connectivity index (χ2n) is 5.82. The Balaban J connectivity index is 1.97. The van der Waals surface area contributed by atoms with E-state index in [4.69, 9.17) is 9.47 Å². The third-order valence-corrected chi connectivity index (χ3v) is 6.30. The van der Waals surface area contributed by atoms with E-state index in [1.54, 1.807) is 18.5 Å². The maximum Gasteiger partial charge on any atom is 0.214 e. The zero-order valence-electron chi connectivity index (χ0n) is 14.2. The van der Waals surface area contributed by atoms with E-state index in [0.717, 1.165) is 36.7 Å². The van der Waals surface area contributed by atoms with Gasteiger partial charge >= 0.3 is 0 Å². The standard InChI is InChI=1S/C16H26N2O4S/c1-4-11-23(19,20)18-9-7-17(8-10-18)13-14-5-6-15(21-2)12-16(14)22-3/h5-6,12H,4,7-11,13H2,1-3H3/p+1. The van der Waals surface area contributed by atoms with Crippen molar-refractivity contribution in [1.29, 1.82) is 0 Å². The van der Waals surface area contributed by atoms with Crippen molar-refractivity contribution < 1.29 is 22.8 Å². The zero-order chi connectivity index (χ0) is 16.9. The Bertz CT molecular complexity index is 611. The molecule has 1 aliphatic rings. The minimum Gasteiger partial charge on any atom is -0.497 e. The Labute approximate surface area is 139 Å². The highest BCUT2D eigenvalue weighted by atomic mass is 32.2. The van der Waals surface area contributed by atoms with E-state index in [-0.39, 0.29) is 5.75 Å². The summed E-state index contributed by atoms with van der Waals surface area (Å²) in [6.07, 6.45) is 0.665. The molecule has 23 heavy (non-hydrogen) atoms. The van der Waals surface area contributed by atoms with Gasteiger partial charge in [-0.15, -0.1) is 0 Å². The van der Waals surface area contributed by atoms with Gasteiger partial charge in [-0.1, -0.05) is 6.92 Å². The first-order chi connectivity index (χ1) is 11.0. The Hall–Kier alpha value is -1.31. The van der Waals surface area contributed by atoms with E-state index >= 15 is 0 Å². The molecule has 1 N–H and O–H groups in total. The van der Waals surface area contributed by atoms with Crippen molar-refractivity contribution in [3.8, 4) is 11.5 Å². The van der Waals surface area contributed by atoms with Crippen molar-refractivity contribution in [1.82, 2.24) is 4.31 Å². The summed E-state index contributed by atoms with van der Waals surface area (Å²) in [5.41, 5.74) is 1.12. The summed E-state index contributed by atoms with van der Waals surface area (Å²) in [6.45, 7) is 5.55. The van der Waals surface area contributed by atoms with Crippen molar-refractivity contribution in [2.75, 3.05) is 46.2 Å². The molecule has 0 aromatic heterocycles. The number of ether oxygens (including phenoxy) is 2. The van der Waals surface area contributed by atoms with Crippen LogP contribution < -0.4 is 14.4 Å². The molecule has 0 saturated carbocycles. The first-order valence-corrected chi connectivity index (χ1v) is 9.63. The van der Waals surface area contributed by atoms with Crippen molar-refractivity contribution in [3.05, 3.63) is 23.8 Å². The highest BCUT2D eigenvalue weighted by Crippen LogP contribution is 2.23. The molecule has 0 unspecified atom stereocenters. The molecule has 0 spiro atoms. The SMILES string of the molecule is CCCS(=O)(=O)N1CC[NH+](Cc2ccc(OC)cc2OC)CC1. The molecule has 0 bridgehead atoms. The molecule has 2 rings (SSSR count). The van der Waals surface area contributed by atoms with E-state index < -0.39 is 10.0 Å². The van der Waals surface area contributed by atoms with Gasteiger partial charge in [0.2, 0.25) is 10.0 Å². The first-order valence-electron chi connectivity index (χ1n) is 8.02. The smallest absolute Gasteiger partial charge is 0.214 e. The number of quaternary nitrogens is 1. The van der Waals surface area contributed by atoms with E-state index in [1.165, 1.54) is 4.90 Å². The van der Waals surface area contributed by atoms with Gasteiger partial charge < -0.3 is 14.4 Å². The predicted molar refractivity (Wildman–Crippen MR) is 89.6 cm³/mol. The number of nitrogens with one attached hydrogen (secondary N) is 1. The van der Waals surface area contributed by atoms with Crippen molar-refractivity contribution >= 4 is 10.0 Å². The lowest BCUT2D eigenvalue weighted by Gasteiger charge is -2.31. The fraction of sp³-hybridized carbons (Fsp3) is 0.625. The van der Waals surface area contributed by atoms with Crippen LogP contribution in [-0.4, -0.2) is 58.9 Å². The van der Waals surface area contributed by atoms with Crippen LogP contribution in [0.2, 0.25) is 0 Å². The summed E-state index contributed by atoms with van der Waals surface area (Å²) in [7, 11) is 0.217. The van der Waals surface area contributed by atoms with E-state index in [1.807, 2.05) is 25.1 Å². The average molecular weight is 343 g/mol. The molecule has 1 fully saturated rings. The number of hydrogen-bond acceptors (Lipinski definition) is 4. The van der Waals surface area contributed by atoms with Crippen LogP contribution in [0.3, 0.4) is 0 Å². The quantitative estimate of drug-likeness (QED) is 0.765. The highest BCUT2D eigenvalue weighted by Gasteiger charge is 2.28. The van der Waals surface area contributed by atoms with Crippen LogP contribution in [0.1, 0.15) is 18.9 Å². The lowest BCUT2D eigenvalue weighted by molar-refractivity contribution is -0.917. The van der Waals surface area contributed by atoms with Crippen LogP contribution in [0.25, 0.3) is 0 Å². The molecule has 1 aromatic rings. The third kappa shape index (κ3) is 4.59. The largest absolute Gasteiger partial charge is 0.497 e. The monoisotopic (exact) mass is 343 g/mol. The number of rotatable bonds is 7. The van der Waals surface area contributed by atoms with Crippen molar-refractivity contribution in [2.24, 2.45) is 0 Å². The molecule has 130 valence electrons. The summed E-state index contributed by atoms with van der Waals surface area (Å²) in [5, 5.41) is 0. The van der Waals surface area contributed by atoms with Crippen molar-refractivity contribution in [2.45, 2.75) is 19.9 Å². The van der Waals surface area contributed by atoms with Crippen LogP contribution in [0, 0.1) is 0 Å². The first kappa shape index (κ1) is 18.0. The van der Waals surface area contributed by atoms with E-state index in [2.05, 4.69) is 0 Å². The maximum atomic E-state index is 12.1. The average Bonchev–Trinajstić information content (AvgIpc) is 2.55. The van der Waals surface area contributed by atoms with Crippen molar-refractivity contribution in [3.63, 3.8) is 0 Å². The number of methoxy groups -OCH3 is 2. The summed E-state index contributed by atoms with van der Waals surface area (Å²) >= 11 is 0. The van der Waals surface area contributed by atoms with E-state index in [0.29, 0.717) is 19.5 Å². The molecule has 0 amide bonds. The topological polar surface area (TPSA) is 60.3 Å². The molecule has 1 aliphatic heterocycles. The van der Waals surface area contributed by atoms with Gasteiger partial charge in [-0.2, -0.15) is 4.31 Å². The number of nitrogens with zero attached hydrogens (tertiary/aromatic N) is 1. The molecule has 1 heterocycles. The van der Waals surface area contributed by atoms with Gasteiger partial charge in [-0.05, 0) is 18.6 Å². The molecule has 1 aromatic carbocycles. The second-order valence-corrected chi connectivity index (χ2v) is 7.91. The van der Waals surface area contributed by atoms with Gasteiger partial charge in [0.15, 0.2) is 0 Å². The van der Waals surface area contributed by atoms with Gasteiger partial charge in [0.1, 0.15) is 18.0 Å². The molecule has 0 aliphatic carbocycles. The predicted octanol–water partition coefficient (Wildman–Crippen LogP) is 0.144. The normalized spacial score (nSPS) is 17.2. The number of benzene rings is 1. The molecular formula is C16H27N2O4S+. The van der Waals surface area contributed by atoms with E-state index in [9.17, 15) is 8.42 Å². The van der Waals surface area contributed by atoms with Crippen LogP contribution in [0.15, 0.2) is 18.2 Å². The molecule has 0 radical (unpaired) electrons. The number of piperazine rings is 1. The zero-order valence-corrected chi connectivity index (χ0v) is 15.0. The van der Waals surface area contributed by atoms with Crippen LogP contribution in [0.5, 0.6) is 11.5 Å². The summed E-state index contributed by atoms with van der Waals surface area (Å²) < 4.78 is 36.5. The second kappa shape index (κ2) is 7.99. The van der Waals surface area contributed by atoms with Gasteiger partial charge in [0.05, 0.1) is 46.2 Å². The number of hydrogen-bond donors (Lipinski definition) is 1. The van der Waals surface area contributed by atoms with Gasteiger partial charge in [-0.3, -0.25) is 0 Å². The number of sulfonamides is 1. The lowest BCUT2D eigenvalue weighted by Crippen LogP contribution is -3.13. The lowest BCUT2D eigenvalue weighted by atomic mass is 10.1. The Morgan fingerprint density at radius 2 is 1.87 bits per heavy atom. The Morgan fingerprint density at radius 3 is 2.43 bits per heavy atom. The van der Waals surface area contributed by atoms with Gasteiger partial charge in [-0.25, -0.2) is 8.42 Å². The fourth-order valence-corrected chi connectivity index (χ4v) is 4.42. The van der Waals surface area contributed by atoms with Crippen LogP contribution in [-0.2, 0) is 16.6 Å². The minimum absolute atomic E-state index is 0.245. The molecule has 6 nitrogen and oxygen atoms in total. The fourth-order valence-electron chi connectivity index (χ4n) is 2.91. The maximum absolute atomic E-state index is 12.1.